The predicted octanol–water partition coefficient (Wildman–Crippen LogP) is 2.58. The number of hydrogen-bond donors (Lipinski definition) is 1. The molecular formula is C26H33N3O4S. The van der Waals surface area contributed by atoms with Gasteiger partial charge in [-0.1, -0.05) is 30.3 Å². The minimum Gasteiger partial charge on any atom is -0.493 e. The van der Waals surface area contributed by atoms with E-state index in [1.54, 1.807) is 23.9 Å². The van der Waals surface area contributed by atoms with Crippen LogP contribution in [0.25, 0.3) is 0 Å². The Labute approximate surface area is 205 Å². The highest BCUT2D eigenvalue weighted by Gasteiger charge is 2.28. The summed E-state index contributed by atoms with van der Waals surface area (Å²) in [4.78, 5) is 30.0. The van der Waals surface area contributed by atoms with Crippen molar-refractivity contribution in [2.75, 3.05) is 51.4 Å². The van der Waals surface area contributed by atoms with Crippen molar-refractivity contribution < 1.29 is 19.1 Å². The zero-order valence-electron chi connectivity index (χ0n) is 19.7. The van der Waals surface area contributed by atoms with Crippen molar-refractivity contribution in [2.45, 2.75) is 25.4 Å². The Morgan fingerprint density at radius 3 is 2.68 bits per heavy atom. The molecule has 2 aromatic carbocycles. The summed E-state index contributed by atoms with van der Waals surface area (Å²) in [6.07, 6.45) is 3.59. The van der Waals surface area contributed by atoms with Crippen LogP contribution in [-0.2, 0) is 22.6 Å². The molecule has 2 aliphatic rings. The van der Waals surface area contributed by atoms with Gasteiger partial charge in [0, 0.05) is 39.1 Å². The highest BCUT2D eigenvalue weighted by Crippen LogP contribution is 2.26. The van der Waals surface area contributed by atoms with Gasteiger partial charge in [-0.15, -0.1) is 0 Å². The first-order valence-corrected chi connectivity index (χ1v) is 13.2. The highest BCUT2D eigenvalue weighted by molar-refractivity contribution is 7.98. The van der Waals surface area contributed by atoms with E-state index in [0.717, 1.165) is 44.2 Å². The normalized spacial score (nSPS) is 16.4. The fourth-order valence-corrected chi connectivity index (χ4v) is 4.81. The van der Waals surface area contributed by atoms with Crippen molar-refractivity contribution in [1.29, 1.82) is 0 Å². The molecule has 1 unspecified atom stereocenters. The molecule has 7 nitrogen and oxygen atoms in total. The smallest absolute Gasteiger partial charge is 0.258 e. The third-order valence-corrected chi connectivity index (χ3v) is 6.85. The molecule has 2 aliphatic heterocycles. The van der Waals surface area contributed by atoms with Crippen LogP contribution in [0.4, 0.5) is 0 Å². The molecule has 2 aromatic rings. The summed E-state index contributed by atoms with van der Waals surface area (Å²) in [5.41, 5.74) is 2.57. The summed E-state index contributed by atoms with van der Waals surface area (Å²) in [6.45, 7) is 4.51. The number of para-hydroxylation sites is 1. The van der Waals surface area contributed by atoms with Crippen LogP contribution in [0.15, 0.2) is 48.5 Å². The van der Waals surface area contributed by atoms with E-state index in [-0.39, 0.29) is 18.4 Å². The van der Waals surface area contributed by atoms with Crippen molar-refractivity contribution >= 4 is 23.6 Å². The Bertz CT molecular complexity index is 964. The number of thioether (sulfide) groups is 1. The number of carbonyl (C=O) groups excluding carboxylic acids is 2. The summed E-state index contributed by atoms with van der Waals surface area (Å²) >= 11 is 1.67. The lowest BCUT2D eigenvalue weighted by Gasteiger charge is -2.36. The van der Waals surface area contributed by atoms with Crippen molar-refractivity contribution in [2.24, 2.45) is 0 Å². The second-order valence-corrected chi connectivity index (χ2v) is 9.63. The molecule has 8 heteroatoms. The van der Waals surface area contributed by atoms with Gasteiger partial charge in [-0.05, 0) is 47.8 Å². The summed E-state index contributed by atoms with van der Waals surface area (Å²) < 4.78 is 11.1. The molecule has 0 spiro atoms. The number of benzene rings is 2. The molecule has 4 rings (SSSR count). The molecule has 182 valence electrons. The second-order valence-electron chi connectivity index (χ2n) is 8.65. The van der Waals surface area contributed by atoms with Crippen LogP contribution >= 0.6 is 11.8 Å². The minimum absolute atomic E-state index is 0.00330. The number of ether oxygens (including phenoxy) is 2. The van der Waals surface area contributed by atoms with E-state index in [2.05, 4.69) is 28.4 Å². The predicted molar refractivity (Wildman–Crippen MR) is 134 cm³/mol. The van der Waals surface area contributed by atoms with Crippen molar-refractivity contribution in [1.82, 2.24) is 15.1 Å². The van der Waals surface area contributed by atoms with Gasteiger partial charge in [-0.3, -0.25) is 14.5 Å². The van der Waals surface area contributed by atoms with E-state index in [1.165, 1.54) is 11.1 Å². The average molecular weight is 484 g/mol. The highest BCUT2D eigenvalue weighted by atomic mass is 32.2. The van der Waals surface area contributed by atoms with Crippen molar-refractivity contribution in [3.05, 3.63) is 59.7 Å². The number of hydrogen-bond acceptors (Lipinski definition) is 6. The number of nitrogens with zero attached hydrogens (tertiary/aromatic N) is 2. The SMILES string of the molecule is CSCCC(NC(=O)COc1ccccc1)C(=O)N1CCN(Cc2ccc3c(c2)CCO3)CC1. The van der Waals surface area contributed by atoms with Crippen LogP contribution in [0.2, 0.25) is 0 Å². The molecule has 0 aliphatic carbocycles. The molecule has 0 bridgehead atoms. The van der Waals surface area contributed by atoms with E-state index in [1.807, 2.05) is 29.4 Å². The monoisotopic (exact) mass is 483 g/mol. The molecule has 0 saturated carbocycles. The van der Waals surface area contributed by atoms with Crippen LogP contribution in [0.3, 0.4) is 0 Å². The van der Waals surface area contributed by atoms with Gasteiger partial charge in [-0.2, -0.15) is 11.8 Å². The number of carbonyl (C=O) groups is 2. The molecular weight excluding hydrogens is 450 g/mol. The van der Waals surface area contributed by atoms with E-state index < -0.39 is 6.04 Å². The number of rotatable bonds is 10. The Balaban J connectivity index is 1.26. The first kappa shape index (κ1) is 24.4. The van der Waals surface area contributed by atoms with E-state index in [4.69, 9.17) is 9.47 Å². The van der Waals surface area contributed by atoms with Gasteiger partial charge in [0.15, 0.2) is 6.61 Å². The lowest BCUT2D eigenvalue weighted by atomic mass is 10.1. The van der Waals surface area contributed by atoms with E-state index in [9.17, 15) is 9.59 Å². The fourth-order valence-electron chi connectivity index (χ4n) is 4.34. The van der Waals surface area contributed by atoms with Crippen molar-refractivity contribution in [3.8, 4) is 11.5 Å². The minimum atomic E-state index is -0.525. The molecule has 1 fully saturated rings. The number of nitrogens with one attached hydrogen (secondary N) is 1. The summed E-state index contributed by atoms with van der Waals surface area (Å²) in [6, 6.07) is 15.1. The zero-order valence-corrected chi connectivity index (χ0v) is 20.5. The van der Waals surface area contributed by atoms with E-state index in [0.29, 0.717) is 25.3 Å². The molecule has 2 heterocycles. The maximum Gasteiger partial charge on any atom is 0.258 e. The van der Waals surface area contributed by atoms with Gasteiger partial charge in [0.05, 0.1) is 6.61 Å². The molecule has 1 N–H and O–H groups in total. The average Bonchev–Trinajstić information content (AvgIpc) is 3.34. The molecule has 1 atom stereocenters. The second kappa shape index (κ2) is 12.1. The molecule has 34 heavy (non-hydrogen) atoms. The lowest BCUT2D eigenvalue weighted by molar-refractivity contribution is -0.138. The van der Waals surface area contributed by atoms with Gasteiger partial charge in [-0.25, -0.2) is 0 Å². The van der Waals surface area contributed by atoms with Crippen LogP contribution < -0.4 is 14.8 Å². The summed E-state index contributed by atoms with van der Waals surface area (Å²) in [7, 11) is 0. The van der Waals surface area contributed by atoms with Gasteiger partial charge in [0.1, 0.15) is 17.5 Å². The van der Waals surface area contributed by atoms with Crippen molar-refractivity contribution in [3.63, 3.8) is 0 Å². The maximum absolute atomic E-state index is 13.2. The van der Waals surface area contributed by atoms with Crippen LogP contribution in [0, 0.1) is 0 Å². The number of fused-ring (bicyclic) bond motifs is 1. The van der Waals surface area contributed by atoms with Gasteiger partial charge < -0.3 is 19.7 Å². The van der Waals surface area contributed by atoms with Crippen LogP contribution in [0.5, 0.6) is 11.5 Å². The largest absolute Gasteiger partial charge is 0.493 e. The first-order valence-electron chi connectivity index (χ1n) is 11.8. The first-order chi connectivity index (χ1) is 16.6. The van der Waals surface area contributed by atoms with Gasteiger partial charge >= 0.3 is 0 Å². The lowest BCUT2D eigenvalue weighted by Crippen LogP contribution is -2.55. The summed E-state index contributed by atoms with van der Waals surface area (Å²) in [5, 5.41) is 2.90. The Morgan fingerprint density at radius 1 is 1.12 bits per heavy atom. The standard InChI is InChI=1S/C26H33N3O4S/c1-34-16-10-23(27-25(30)19-33-22-5-3-2-4-6-22)26(31)29-13-11-28(12-14-29)18-20-7-8-24-21(17-20)9-15-32-24/h2-8,17,23H,9-16,18-19H2,1H3,(H,27,30). The Kier molecular flexibility index (Phi) is 8.71. The zero-order chi connectivity index (χ0) is 23.8. The topological polar surface area (TPSA) is 71.1 Å². The third-order valence-electron chi connectivity index (χ3n) is 6.20. The van der Waals surface area contributed by atoms with E-state index >= 15 is 0 Å². The maximum atomic E-state index is 13.2. The quantitative estimate of drug-likeness (QED) is 0.560. The number of piperazine rings is 1. The number of amides is 2. The third kappa shape index (κ3) is 6.67. The molecule has 1 saturated heterocycles. The summed E-state index contributed by atoms with van der Waals surface area (Å²) in [5.74, 6) is 2.17. The fraction of sp³-hybridized carbons (Fsp3) is 0.462. The van der Waals surface area contributed by atoms with Gasteiger partial charge in [0.25, 0.3) is 5.91 Å². The van der Waals surface area contributed by atoms with Gasteiger partial charge in [0.2, 0.25) is 5.91 Å². The molecule has 2 amide bonds. The Morgan fingerprint density at radius 2 is 1.91 bits per heavy atom. The molecule has 0 aromatic heterocycles. The molecule has 0 radical (unpaired) electrons. The van der Waals surface area contributed by atoms with Crippen LogP contribution in [-0.4, -0.2) is 79.1 Å². The Hall–Kier alpha value is -2.71. The van der Waals surface area contributed by atoms with Crippen LogP contribution in [0.1, 0.15) is 17.5 Å².